The third kappa shape index (κ3) is 3.93. The summed E-state index contributed by atoms with van der Waals surface area (Å²) < 4.78 is 13.3. The maximum absolute atomic E-state index is 13.3. The van der Waals surface area contributed by atoms with E-state index in [0.717, 1.165) is 37.8 Å². The lowest BCUT2D eigenvalue weighted by Gasteiger charge is -2.22. The Labute approximate surface area is 117 Å². The van der Waals surface area contributed by atoms with Crippen molar-refractivity contribution in [3.63, 3.8) is 0 Å². The van der Waals surface area contributed by atoms with Crippen LogP contribution in [-0.4, -0.2) is 22.2 Å². The lowest BCUT2D eigenvalue weighted by atomic mass is 10.0. The predicted molar refractivity (Wildman–Crippen MR) is 73.1 cm³/mol. The van der Waals surface area contributed by atoms with Gasteiger partial charge in [0.1, 0.15) is 17.6 Å². The zero-order valence-corrected chi connectivity index (χ0v) is 11.3. The molecule has 2 rings (SSSR count). The van der Waals surface area contributed by atoms with Crippen molar-refractivity contribution < 1.29 is 19.4 Å². The molecule has 1 unspecified atom stereocenters. The Balaban J connectivity index is 2.15. The Bertz CT molecular complexity index is 450. The molecule has 1 aromatic carbocycles. The van der Waals surface area contributed by atoms with E-state index in [9.17, 15) is 19.4 Å². The number of hydrogen-bond donors (Lipinski definition) is 3. The van der Waals surface area contributed by atoms with Crippen molar-refractivity contribution in [1.82, 2.24) is 5.32 Å². The van der Waals surface area contributed by atoms with Crippen molar-refractivity contribution in [2.75, 3.05) is 0 Å². The molecule has 1 aliphatic rings. The van der Waals surface area contributed by atoms with Crippen LogP contribution in [0.1, 0.15) is 50.1 Å². The lowest BCUT2D eigenvalue weighted by Crippen LogP contribution is -2.36. The summed E-state index contributed by atoms with van der Waals surface area (Å²) in [4.78, 5) is 11.4. The Morgan fingerprint density at radius 3 is 2.40 bits per heavy atom. The fraction of sp³-hybridized carbons (Fsp3) is 0.533. The summed E-state index contributed by atoms with van der Waals surface area (Å²) >= 11 is 0. The van der Waals surface area contributed by atoms with E-state index < -0.39 is 17.8 Å². The zero-order valence-electron chi connectivity index (χ0n) is 11.3. The van der Waals surface area contributed by atoms with Gasteiger partial charge in [-0.2, -0.15) is 0 Å². The van der Waals surface area contributed by atoms with Gasteiger partial charge in [0.05, 0.1) is 0 Å². The predicted octanol–water partition coefficient (Wildman–Crippen LogP) is 2.97. The Morgan fingerprint density at radius 1 is 1.20 bits per heavy atom. The zero-order chi connectivity index (χ0) is 14.5. The number of nitrogens with one attached hydrogen (secondary N) is 1. The fourth-order valence-electron chi connectivity index (χ4n) is 2.75. The maximum Gasteiger partial charge on any atom is 0.325 e. The smallest absolute Gasteiger partial charge is 0.325 e. The molecule has 1 aromatic rings. The fourth-order valence-corrected chi connectivity index (χ4v) is 2.75. The molecule has 0 bridgehead atoms. The number of halogens is 1. The minimum absolute atomic E-state index is 0.129. The highest BCUT2D eigenvalue weighted by Gasteiger charge is 2.24. The maximum atomic E-state index is 13.3. The summed E-state index contributed by atoms with van der Waals surface area (Å²) in [5.74, 6) is -1.94. The average Bonchev–Trinajstić information content (AvgIpc) is 2.62. The van der Waals surface area contributed by atoms with E-state index in [0.29, 0.717) is 0 Å². The minimum Gasteiger partial charge on any atom is -0.508 e. The molecule has 1 atom stereocenters. The van der Waals surface area contributed by atoms with E-state index in [4.69, 9.17) is 0 Å². The van der Waals surface area contributed by atoms with Crippen LogP contribution in [0.5, 0.6) is 5.75 Å². The number of hydrogen-bond acceptors (Lipinski definition) is 3. The van der Waals surface area contributed by atoms with Crippen molar-refractivity contribution in [2.24, 2.45) is 0 Å². The van der Waals surface area contributed by atoms with Gasteiger partial charge in [0.15, 0.2) is 0 Å². The second kappa shape index (κ2) is 6.70. The van der Waals surface area contributed by atoms with Crippen LogP contribution < -0.4 is 5.32 Å². The van der Waals surface area contributed by atoms with Gasteiger partial charge in [-0.15, -0.1) is 0 Å². The van der Waals surface area contributed by atoms with Gasteiger partial charge in [-0.25, -0.2) is 4.39 Å². The summed E-state index contributed by atoms with van der Waals surface area (Å²) in [5, 5.41) is 21.8. The number of carbonyl (C=O) groups is 1. The molecule has 4 nitrogen and oxygen atoms in total. The Morgan fingerprint density at radius 2 is 1.85 bits per heavy atom. The van der Waals surface area contributed by atoms with Crippen molar-refractivity contribution in [3.05, 3.63) is 29.6 Å². The minimum atomic E-state index is -1.06. The summed E-state index contributed by atoms with van der Waals surface area (Å²) in [7, 11) is 0. The molecule has 0 radical (unpaired) electrons. The quantitative estimate of drug-likeness (QED) is 0.742. The lowest BCUT2D eigenvalue weighted by molar-refractivity contribution is -0.140. The van der Waals surface area contributed by atoms with E-state index in [1.54, 1.807) is 0 Å². The third-order valence-electron chi connectivity index (χ3n) is 3.74. The summed E-state index contributed by atoms with van der Waals surface area (Å²) in [6, 6.07) is 2.56. The van der Waals surface area contributed by atoms with E-state index >= 15 is 0 Å². The molecule has 20 heavy (non-hydrogen) atoms. The monoisotopic (exact) mass is 281 g/mol. The highest BCUT2D eigenvalue weighted by molar-refractivity contribution is 5.75. The van der Waals surface area contributed by atoms with Gasteiger partial charge in [0.2, 0.25) is 0 Å². The van der Waals surface area contributed by atoms with Gasteiger partial charge in [-0.3, -0.25) is 10.1 Å². The molecule has 110 valence electrons. The number of phenols is 1. The summed E-state index contributed by atoms with van der Waals surface area (Å²) in [6.07, 6.45) is 6.39. The van der Waals surface area contributed by atoms with Crippen LogP contribution in [-0.2, 0) is 4.79 Å². The van der Waals surface area contributed by atoms with Crippen LogP contribution in [0, 0.1) is 5.82 Å². The SMILES string of the molecule is O=C(O)C(NC1CCCCCC1)c1cc(O)cc(F)c1. The molecule has 1 fully saturated rings. The standard InChI is InChI=1S/C15H20FNO3/c16-11-7-10(8-13(18)9-11)14(15(19)20)17-12-5-3-1-2-4-6-12/h7-9,12,14,17-18H,1-6H2,(H,19,20). The number of aromatic hydroxyl groups is 1. The van der Waals surface area contributed by atoms with Crippen LogP contribution in [0.15, 0.2) is 18.2 Å². The van der Waals surface area contributed by atoms with E-state index in [-0.39, 0.29) is 17.4 Å². The highest BCUT2D eigenvalue weighted by atomic mass is 19.1. The normalized spacial score (nSPS) is 18.4. The van der Waals surface area contributed by atoms with E-state index in [1.807, 2.05) is 0 Å². The molecule has 1 saturated carbocycles. The van der Waals surface area contributed by atoms with E-state index in [2.05, 4.69) is 5.32 Å². The largest absolute Gasteiger partial charge is 0.508 e. The summed E-state index contributed by atoms with van der Waals surface area (Å²) in [6.45, 7) is 0. The molecule has 0 heterocycles. The number of rotatable bonds is 4. The molecule has 3 N–H and O–H groups in total. The molecule has 0 amide bonds. The molecule has 0 saturated heterocycles. The number of aliphatic carboxylic acids is 1. The van der Waals surface area contributed by atoms with Crippen LogP contribution in [0.3, 0.4) is 0 Å². The number of carboxylic acid groups (broad SMARTS) is 1. The molecule has 5 heteroatoms. The van der Waals surface area contributed by atoms with Crippen molar-refractivity contribution in [2.45, 2.75) is 50.6 Å². The second-order valence-electron chi connectivity index (χ2n) is 5.37. The van der Waals surface area contributed by atoms with Gasteiger partial charge >= 0.3 is 5.97 Å². The highest BCUT2D eigenvalue weighted by Crippen LogP contribution is 2.24. The van der Waals surface area contributed by atoms with Gasteiger partial charge < -0.3 is 10.2 Å². The molecule has 0 aliphatic heterocycles. The Hall–Kier alpha value is -1.62. The van der Waals surface area contributed by atoms with Crippen LogP contribution in [0.25, 0.3) is 0 Å². The first kappa shape index (κ1) is 14.8. The molecule has 1 aliphatic carbocycles. The van der Waals surface area contributed by atoms with Crippen molar-refractivity contribution >= 4 is 5.97 Å². The average molecular weight is 281 g/mol. The molecule has 0 spiro atoms. The first-order chi connectivity index (χ1) is 9.56. The number of benzene rings is 1. The van der Waals surface area contributed by atoms with Crippen LogP contribution in [0.2, 0.25) is 0 Å². The first-order valence-electron chi connectivity index (χ1n) is 7.04. The molecular weight excluding hydrogens is 261 g/mol. The van der Waals surface area contributed by atoms with Crippen LogP contribution >= 0.6 is 0 Å². The van der Waals surface area contributed by atoms with Gasteiger partial charge in [0, 0.05) is 12.1 Å². The topological polar surface area (TPSA) is 69.6 Å². The van der Waals surface area contributed by atoms with Crippen molar-refractivity contribution in [3.8, 4) is 5.75 Å². The van der Waals surface area contributed by atoms with Gasteiger partial charge in [-0.05, 0) is 30.5 Å². The Kier molecular flexibility index (Phi) is 4.95. The van der Waals surface area contributed by atoms with Crippen molar-refractivity contribution in [1.29, 1.82) is 0 Å². The number of carboxylic acids is 1. The third-order valence-corrected chi connectivity index (χ3v) is 3.74. The number of phenolic OH excluding ortho intramolecular Hbond substituents is 1. The summed E-state index contributed by atoms with van der Waals surface area (Å²) in [5.41, 5.74) is 0.249. The van der Waals surface area contributed by atoms with E-state index in [1.165, 1.54) is 18.9 Å². The second-order valence-corrected chi connectivity index (χ2v) is 5.37. The van der Waals surface area contributed by atoms with Crippen LogP contribution in [0.4, 0.5) is 4.39 Å². The van der Waals surface area contributed by atoms with Gasteiger partial charge in [0.25, 0.3) is 0 Å². The molecular formula is C15H20FNO3. The molecule has 0 aromatic heterocycles. The van der Waals surface area contributed by atoms with Gasteiger partial charge in [-0.1, -0.05) is 25.7 Å². The first-order valence-corrected chi connectivity index (χ1v) is 7.04.